The summed E-state index contributed by atoms with van der Waals surface area (Å²) in [4.78, 5) is 0. The van der Waals surface area contributed by atoms with Gasteiger partial charge in [-0.3, -0.25) is 0 Å². The van der Waals surface area contributed by atoms with Crippen molar-refractivity contribution in [2.24, 2.45) is 5.92 Å². The van der Waals surface area contributed by atoms with Gasteiger partial charge in [-0.2, -0.15) is 0 Å². The lowest BCUT2D eigenvalue weighted by molar-refractivity contribution is 0.227. The average Bonchev–Trinajstić information content (AvgIpc) is 2.21. The molecule has 0 aromatic carbocycles. The molecule has 0 aliphatic heterocycles. The van der Waals surface area contributed by atoms with Crippen LogP contribution in [0.2, 0.25) is 0 Å². The monoisotopic (exact) mass is 200 g/mol. The Labute approximate surface area is 89.9 Å². The van der Waals surface area contributed by atoms with Crippen molar-refractivity contribution in [2.45, 2.75) is 71.6 Å². The third kappa shape index (κ3) is 10.0. The second-order valence-corrected chi connectivity index (χ2v) is 4.55. The summed E-state index contributed by atoms with van der Waals surface area (Å²) in [6.07, 6.45) is 12.2. The highest BCUT2D eigenvalue weighted by molar-refractivity contribution is 4.51. The summed E-state index contributed by atoms with van der Waals surface area (Å²) in [5.74, 6) is 0.509. The Bertz CT molecular complexity index is 101. The highest BCUT2D eigenvalue weighted by Crippen LogP contribution is 2.12. The molecule has 0 rings (SSSR count). The number of hydrogen-bond donors (Lipinski definition) is 1. The van der Waals surface area contributed by atoms with E-state index >= 15 is 0 Å². The molecule has 14 heavy (non-hydrogen) atoms. The first-order valence-corrected chi connectivity index (χ1v) is 6.42. The van der Waals surface area contributed by atoms with Crippen molar-refractivity contribution >= 4 is 0 Å². The van der Waals surface area contributed by atoms with Gasteiger partial charge in [0.15, 0.2) is 0 Å². The van der Waals surface area contributed by atoms with Crippen LogP contribution in [0.1, 0.15) is 71.6 Å². The van der Waals surface area contributed by atoms with Crippen LogP contribution in [-0.2, 0) is 0 Å². The van der Waals surface area contributed by atoms with Gasteiger partial charge in [-0.25, -0.2) is 0 Å². The lowest BCUT2D eigenvalue weighted by Gasteiger charge is -2.06. The van der Waals surface area contributed by atoms with Crippen molar-refractivity contribution in [3.8, 4) is 0 Å². The third-order valence-electron chi connectivity index (χ3n) is 2.86. The number of rotatable bonds is 10. The summed E-state index contributed by atoms with van der Waals surface area (Å²) in [6, 6.07) is 0. The Balaban J connectivity index is 2.92. The molecular weight excluding hydrogens is 172 g/mol. The smallest absolute Gasteiger partial charge is 0.0456 e. The SMILES string of the molecule is CCCCCCCCCC[C@H](C)CO. The standard InChI is InChI=1S/C13H28O/c1-3-4-5-6-7-8-9-10-11-13(2)12-14/h13-14H,3-12H2,1-2H3/t13-/m0/s1. The molecule has 0 aromatic heterocycles. The number of aliphatic hydroxyl groups is 1. The summed E-state index contributed by atoms with van der Waals surface area (Å²) in [5.41, 5.74) is 0. The topological polar surface area (TPSA) is 20.2 Å². The molecular formula is C13H28O. The molecule has 1 nitrogen and oxygen atoms in total. The van der Waals surface area contributed by atoms with Crippen LogP contribution < -0.4 is 0 Å². The molecule has 0 aliphatic rings. The van der Waals surface area contributed by atoms with Gasteiger partial charge in [-0.1, -0.05) is 65.2 Å². The van der Waals surface area contributed by atoms with Crippen LogP contribution in [-0.4, -0.2) is 11.7 Å². The Morgan fingerprint density at radius 1 is 0.857 bits per heavy atom. The van der Waals surface area contributed by atoms with E-state index in [9.17, 15) is 0 Å². The highest BCUT2D eigenvalue weighted by atomic mass is 16.3. The van der Waals surface area contributed by atoms with E-state index in [0.717, 1.165) is 0 Å². The molecule has 0 fully saturated rings. The van der Waals surface area contributed by atoms with Crippen LogP contribution in [0.3, 0.4) is 0 Å². The summed E-state index contributed by atoms with van der Waals surface area (Å²) < 4.78 is 0. The van der Waals surface area contributed by atoms with Gasteiger partial charge >= 0.3 is 0 Å². The van der Waals surface area contributed by atoms with E-state index in [-0.39, 0.29) is 0 Å². The maximum atomic E-state index is 8.83. The van der Waals surface area contributed by atoms with Crippen LogP contribution in [0, 0.1) is 5.92 Å². The Morgan fingerprint density at radius 3 is 1.86 bits per heavy atom. The van der Waals surface area contributed by atoms with Gasteiger partial charge in [0.1, 0.15) is 0 Å². The van der Waals surface area contributed by atoms with E-state index in [1.165, 1.54) is 57.8 Å². The van der Waals surface area contributed by atoms with Crippen molar-refractivity contribution in [3.05, 3.63) is 0 Å². The Morgan fingerprint density at radius 2 is 1.36 bits per heavy atom. The quantitative estimate of drug-likeness (QED) is 0.525. The fraction of sp³-hybridized carbons (Fsp3) is 1.00. The van der Waals surface area contributed by atoms with E-state index < -0.39 is 0 Å². The fourth-order valence-corrected chi connectivity index (χ4v) is 1.72. The van der Waals surface area contributed by atoms with Crippen molar-refractivity contribution < 1.29 is 5.11 Å². The molecule has 0 saturated carbocycles. The van der Waals surface area contributed by atoms with Gasteiger partial charge in [0, 0.05) is 6.61 Å². The third-order valence-corrected chi connectivity index (χ3v) is 2.86. The van der Waals surface area contributed by atoms with Gasteiger partial charge in [-0.15, -0.1) is 0 Å². The fourth-order valence-electron chi connectivity index (χ4n) is 1.72. The first kappa shape index (κ1) is 14.0. The van der Waals surface area contributed by atoms with Crippen LogP contribution in [0.5, 0.6) is 0 Å². The van der Waals surface area contributed by atoms with Gasteiger partial charge in [0.2, 0.25) is 0 Å². The van der Waals surface area contributed by atoms with Crippen molar-refractivity contribution in [1.82, 2.24) is 0 Å². The average molecular weight is 200 g/mol. The second-order valence-electron chi connectivity index (χ2n) is 4.55. The van der Waals surface area contributed by atoms with Gasteiger partial charge in [0.25, 0.3) is 0 Å². The molecule has 0 aliphatic carbocycles. The van der Waals surface area contributed by atoms with Crippen LogP contribution in [0.25, 0.3) is 0 Å². The zero-order valence-electron chi connectivity index (χ0n) is 10.1. The van der Waals surface area contributed by atoms with Gasteiger partial charge in [-0.05, 0) is 12.3 Å². The van der Waals surface area contributed by atoms with Gasteiger partial charge in [0.05, 0.1) is 0 Å². The molecule has 0 amide bonds. The molecule has 86 valence electrons. The molecule has 0 spiro atoms. The molecule has 0 aromatic rings. The predicted molar refractivity (Wildman–Crippen MR) is 63.5 cm³/mol. The molecule has 0 bridgehead atoms. The number of unbranched alkanes of at least 4 members (excludes halogenated alkanes) is 7. The highest BCUT2D eigenvalue weighted by Gasteiger charge is 1.98. The molecule has 1 atom stereocenters. The lowest BCUT2D eigenvalue weighted by Crippen LogP contribution is -1.99. The Kier molecular flexibility index (Phi) is 11.0. The van der Waals surface area contributed by atoms with Crippen molar-refractivity contribution in [1.29, 1.82) is 0 Å². The summed E-state index contributed by atoms with van der Waals surface area (Å²) in [5, 5.41) is 8.83. The zero-order chi connectivity index (χ0) is 10.6. The van der Waals surface area contributed by atoms with Gasteiger partial charge < -0.3 is 5.11 Å². The van der Waals surface area contributed by atoms with E-state index in [4.69, 9.17) is 5.11 Å². The first-order chi connectivity index (χ1) is 6.81. The van der Waals surface area contributed by atoms with E-state index in [1.807, 2.05) is 0 Å². The van der Waals surface area contributed by atoms with Crippen LogP contribution in [0.15, 0.2) is 0 Å². The molecule has 0 saturated heterocycles. The predicted octanol–water partition coefficient (Wildman–Crippen LogP) is 4.15. The lowest BCUT2D eigenvalue weighted by atomic mass is 10.0. The number of aliphatic hydroxyl groups excluding tert-OH is 1. The maximum absolute atomic E-state index is 8.83. The number of hydrogen-bond acceptors (Lipinski definition) is 1. The summed E-state index contributed by atoms with van der Waals surface area (Å²) >= 11 is 0. The molecule has 1 N–H and O–H groups in total. The summed E-state index contributed by atoms with van der Waals surface area (Å²) in [7, 11) is 0. The van der Waals surface area contributed by atoms with Crippen LogP contribution >= 0.6 is 0 Å². The second kappa shape index (κ2) is 11.0. The minimum absolute atomic E-state index is 0.358. The minimum Gasteiger partial charge on any atom is -0.396 e. The van der Waals surface area contributed by atoms with E-state index in [1.54, 1.807) is 0 Å². The molecule has 0 unspecified atom stereocenters. The van der Waals surface area contributed by atoms with E-state index in [2.05, 4.69) is 13.8 Å². The zero-order valence-corrected chi connectivity index (χ0v) is 10.1. The maximum Gasteiger partial charge on any atom is 0.0456 e. The largest absolute Gasteiger partial charge is 0.396 e. The first-order valence-electron chi connectivity index (χ1n) is 6.42. The van der Waals surface area contributed by atoms with Crippen LogP contribution in [0.4, 0.5) is 0 Å². The molecule has 0 radical (unpaired) electrons. The normalized spacial score (nSPS) is 13.1. The van der Waals surface area contributed by atoms with Crippen molar-refractivity contribution in [2.75, 3.05) is 6.61 Å². The molecule has 1 heteroatoms. The summed E-state index contributed by atoms with van der Waals surface area (Å²) in [6.45, 7) is 4.74. The van der Waals surface area contributed by atoms with Crippen molar-refractivity contribution in [3.63, 3.8) is 0 Å². The minimum atomic E-state index is 0.358. The Hall–Kier alpha value is -0.0400. The van der Waals surface area contributed by atoms with E-state index in [0.29, 0.717) is 12.5 Å². The molecule has 0 heterocycles.